The van der Waals surface area contributed by atoms with Crippen LogP contribution in [0.25, 0.3) is 22.9 Å². The van der Waals surface area contributed by atoms with Gasteiger partial charge in [-0.1, -0.05) is 24.3 Å². The van der Waals surface area contributed by atoms with Gasteiger partial charge in [0.15, 0.2) is 5.65 Å². The van der Waals surface area contributed by atoms with Crippen LogP contribution in [-0.2, 0) is 16.1 Å². The van der Waals surface area contributed by atoms with Crippen LogP contribution in [0.15, 0.2) is 54.4 Å². The minimum atomic E-state index is -0.387. The number of pyridine rings is 1. The van der Waals surface area contributed by atoms with Gasteiger partial charge in [0.25, 0.3) is 5.91 Å². The van der Waals surface area contributed by atoms with E-state index < -0.39 is 0 Å². The molecule has 0 unspecified atom stereocenters. The van der Waals surface area contributed by atoms with Crippen molar-refractivity contribution in [3.63, 3.8) is 0 Å². The molecule has 40 heavy (non-hydrogen) atoms. The molecule has 0 bridgehead atoms. The molecule has 0 radical (unpaired) electrons. The van der Waals surface area contributed by atoms with Crippen molar-refractivity contribution in [2.45, 2.75) is 44.7 Å². The number of imide groups is 1. The zero-order chi connectivity index (χ0) is 27.1. The maximum Gasteiger partial charge on any atom is 0.254 e. The molecule has 11 nitrogen and oxygen atoms in total. The SMILES string of the molecule is O=C1C/C(=C\c2cnn3c(NC4CC4)nc(NCc4ccccc4-c4ccc(OCC5CC5)nc4)nc23)C(=O)N1. The molecule has 3 fully saturated rings. The summed E-state index contributed by atoms with van der Waals surface area (Å²) < 4.78 is 7.43. The number of carbonyl (C=O) groups is 2. The third-order valence-electron chi connectivity index (χ3n) is 7.20. The number of nitrogens with zero attached hydrogens (tertiary/aromatic N) is 5. The van der Waals surface area contributed by atoms with E-state index in [0.717, 1.165) is 36.1 Å². The second kappa shape index (κ2) is 10.1. The molecule has 7 rings (SSSR count). The van der Waals surface area contributed by atoms with Gasteiger partial charge >= 0.3 is 0 Å². The van der Waals surface area contributed by atoms with E-state index in [-0.39, 0.29) is 18.2 Å². The Hall–Kier alpha value is -4.80. The van der Waals surface area contributed by atoms with E-state index in [1.807, 2.05) is 30.5 Å². The van der Waals surface area contributed by atoms with Crippen LogP contribution in [-0.4, -0.2) is 49.0 Å². The van der Waals surface area contributed by atoms with E-state index in [2.05, 4.69) is 38.2 Å². The highest BCUT2D eigenvalue weighted by Crippen LogP contribution is 2.30. The van der Waals surface area contributed by atoms with Crippen LogP contribution in [0.3, 0.4) is 0 Å². The van der Waals surface area contributed by atoms with E-state index in [4.69, 9.17) is 14.7 Å². The van der Waals surface area contributed by atoms with Gasteiger partial charge in [0.2, 0.25) is 23.7 Å². The molecule has 0 atom stereocenters. The van der Waals surface area contributed by atoms with E-state index in [0.29, 0.717) is 53.1 Å². The number of fused-ring (bicyclic) bond motifs is 1. The number of hydrogen-bond donors (Lipinski definition) is 3. The van der Waals surface area contributed by atoms with Crippen molar-refractivity contribution in [3.05, 3.63) is 65.5 Å². The van der Waals surface area contributed by atoms with Crippen molar-refractivity contribution in [1.82, 2.24) is 29.9 Å². The van der Waals surface area contributed by atoms with E-state index in [1.54, 1.807) is 16.8 Å². The van der Waals surface area contributed by atoms with Crippen LogP contribution in [0.1, 0.15) is 43.2 Å². The highest BCUT2D eigenvalue weighted by Gasteiger charge is 2.26. The summed E-state index contributed by atoms with van der Waals surface area (Å²) in [5.41, 5.74) is 4.68. The number of aromatic nitrogens is 5. The van der Waals surface area contributed by atoms with Crippen LogP contribution in [0.4, 0.5) is 11.9 Å². The Balaban J connectivity index is 1.15. The molecular weight excluding hydrogens is 508 g/mol. The van der Waals surface area contributed by atoms with Crippen molar-refractivity contribution in [1.29, 1.82) is 0 Å². The van der Waals surface area contributed by atoms with Crippen molar-refractivity contribution in [2.24, 2.45) is 5.92 Å². The first-order chi connectivity index (χ1) is 19.6. The summed E-state index contributed by atoms with van der Waals surface area (Å²) in [6.45, 7) is 1.22. The summed E-state index contributed by atoms with van der Waals surface area (Å²) in [6.07, 6.45) is 9.81. The smallest absolute Gasteiger partial charge is 0.254 e. The van der Waals surface area contributed by atoms with Gasteiger partial charge in [-0.25, -0.2) is 4.98 Å². The van der Waals surface area contributed by atoms with E-state index >= 15 is 0 Å². The predicted octanol–water partition coefficient (Wildman–Crippen LogP) is 3.59. The van der Waals surface area contributed by atoms with Crippen LogP contribution in [0.2, 0.25) is 0 Å². The Labute approximate surface area is 230 Å². The Morgan fingerprint density at radius 2 is 1.93 bits per heavy atom. The molecule has 0 spiro atoms. The Kier molecular flexibility index (Phi) is 6.10. The number of anilines is 2. The number of hydrogen-bond acceptors (Lipinski definition) is 9. The Bertz CT molecular complexity index is 1640. The van der Waals surface area contributed by atoms with Crippen molar-refractivity contribution in [2.75, 3.05) is 17.2 Å². The lowest BCUT2D eigenvalue weighted by Crippen LogP contribution is -2.19. The zero-order valence-electron chi connectivity index (χ0n) is 21.8. The quantitative estimate of drug-likeness (QED) is 0.205. The van der Waals surface area contributed by atoms with Crippen LogP contribution >= 0.6 is 0 Å². The number of rotatable bonds is 10. The molecule has 4 heterocycles. The number of amides is 2. The third-order valence-corrected chi connectivity index (χ3v) is 7.20. The summed E-state index contributed by atoms with van der Waals surface area (Å²) in [4.78, 5) is 37.7. The highest BCUT2D eigenvalue weighted by molar-refractivity contribution is 6.15. The van der Waals surface area contributed by atoms with Crippen molar-refractivity contribution in [3.8, 4) is 17.0 Å². The molecule has 202 valence electrons. The lowest BCUT2D eigenvalue weighted by molar-refractivity contribution is -0.124. The molecule has 2 aliphatic carbocycles. The highest BCUT2D eigenvalue weighted by atomic mass is 16.5. The van der Waals surface area contributed by atoms with Gasteiger partial charge in [-0.3, -0.25) is 14.9 Å². The lowest BCUT2D eigenvalue weighted by Gasteiger charge is -2.13. The summed E-state index contributed by atoms with van der Waals surface area (Å²) in [7, 11) is 0. The molecule has 3 aromatic heterocycles. The normalized spacial score (nSPS) is 17.9. The monoisotopic (exact) mass is 536 g/mol. The predicted molar refractivity (Wildman–Crippen MR) is 148 cm³/mol. The van der Waals surface area contributed by atoms with E-state index in [1.165, 1.54) is 12.8 Å². The summed E-state index contributed by atoms with van der Waals surface area (Å²) >= 11 is 0. The number of ether oxygens (including phenoxy) is 1. The molecule has 1 aliphatic heterocycles. The average Bonchev–Trinajstić information content (AvgIpc) is 3.89. The third kappa shape index (κ3) is 5.22. The van der Waals surface area contributed by atoms with E-state index in [9.17, 15) is 9.59 Å². The zero-order valence-corrected chi connectivity index (χ0v) is 21.8. The molecule has 3 N–H and O–H groups in total. The Morgan fingerprint density at radius 3 is 2.67 bits per heavy atom. The molecule has 1 aromatic carbocycles. The van der Waals surface area contributed by atoms with Gasteiger partial charge in [-0.15, -0.1) is 0 Å². The maximum absolute atomic E-state index is 12.1. The fraction of sp³-hybridized carbons (Fsp3) is 0.310. The van der Waals surface area contributed by atoms with Crippen LogP contribution < -0.4 is 20.7 Å². The number of benzene rings is 1. The lowest BCUT2D eigenvalue weighted by atomic mass is 10.0. The summed E-state index contributed by atoms with van der Waals surface area (Å²) in [5, 5.41) is 13.6. The van der Waals surface area contributed by atoms with Crippen LogP contribution in [0.5, 0.6) is 5.88 Å². The van der Waals surface area contributed by atoms with Gasteiger partial charge in [0, 0.05) is 41.5 Å². The largest absolute Gasteiger partial charge is 0.477 e. The maximum atomic E-state index is 12.1. The summed E-state index contributed by atoms with van der Waals surface area (Å²) in [6, 6.07) is 12.4. The van der Waals surface area contributed by atoms with Gasteiger partial charge < -0.3 is 15.4 Å². The molecule has 2 saturated carbocycles. The van der Waals surface area contributed by atoms with Gasteiger partial charge in [-0.05, 0) is 54.9 Å². The molecule has 3 aliphatic rings. The van der Waals surface area contributed by atoms with Crippen LogP contribution in [0, 0.1) is 5.92 Å². The minimum Gasteiger partial charge on any atom is -0.477 e. The van der Waals surface area contributed by atoms with Crippen molar-refractivity contribution >= 4 is 35.4 Å². The topological polar surface area (TPSA) is 135 Å². The number of nitrogens with one attached hydrogen (secondary N) is 3. The summed E-state index contributed by atoms with van der Waals surface area (Å²) in [5.74, 6) is 1.63. The standard InChI is InChI=1S/C29H28N8O3/c38-24-12-20(27(39)34-24)11-21-15-32-37-26(21)35-28(36-29(37)33-22-8-9-22)31-14-18-3-1-2-4-23(18)19-7-10-25(30-13-19)40-16-17-5-6-17/h1-4,7,10-11,13,15,17,22H,5-6,8-9,12,14,16H2,(H,34,38,39)(H2,31,33,35,36)/b20-11+. The first kappa shape index (κ1) is 24.3. The minimum absolute atomic E-state index is 0.0405. The van der Waals surface area contributed by atoms with Gasteiger partial charge in [0.05, 0.1) is 19.2 Å². The van der Waals surface area contributed by atoms with Gasteiger partial charge in [-0.2, -0.15) is 19.6 Å². The molecule has 1 saturated heterocycles. The first-order valence-corrected chi connectivity index (χ1v) is 13.6. The Morgan fingerprint density at radius 1 is 1.05 bits per heavy atom. The van der Waals surface area contributed by atoms with Gasteiger partial charge in [0.1, 0.15) is 0 Å². The second-order valence-electron chi connectivity index (χ2n) is 10.5. The average molecular weight is 537 g/mol. The molecule has 4 aromatic rings. The van der Waals surface area contributed by atoms with Crippen molar-refractivity contribution < 1.29 is 14.3 Å². The number of carbonyl (C=O) groups excluding carboxylic acids is 2. The second-order valence-corrected chi connectivity index (χ2v) is 10.5. The first-order valence-electron chi connectivity index (χ1n) is 13.6. The molecule has 2 amide bonds. The fourth-order valence-corrected chi connectivity index (χ4v) is 4.63. The fourth-order valence-electron chi connectivity index (χ4n) is 4.63. The molecule has 11 heteroatoms. The molecular formula is C29H28N8O3.